The van der Waals surface area contributed by atoms with Gasteiger partial charge in [0.25, 0.3) is 0 Å². The first-order chi connectivity index (χ1) is 8.04. The predicted molar refractivity (Wildman–Crippen MR) is 68.5 cm³/mol. The minimum absolute atomic E-state index is 0.197. The largest absolute Gasteiger partial charge is 0.392 e. The second kappa shape index (κ2) is 5.06. The van der Waals surface area contributed by atoms with Crippen molar-refractivity contribution in [3.05, 3.63) is 29.8 Å². The SMILES string of the molecule is O=S(=O)(c1ccc(CBr)cc1)N1CC[C@@H](O)C1. The number of nitrogens with zero attached hydrogens (tertiary/aromatic N) is 1. The highest BCUT2D eigenvalue weighted by molar-refractivity contribution is 9.08. The van der Waals surface area contributed by atoms with Crippen LogP contribution in [0.4, 0.5) is 0 Å². The van der Waals surface area contributed by atoms with E-state index in [9.17, 15) is 13.5 Å². The molecular weight excluding hydrogens is 306 g/mol. The third-order valence-corrected chi connectivity index (χ3v) is 5.37. The van der Waals surface area contributed by atoms with E-state index in [1.165, 1.54) is 4.31 Å². The highest BCUT2D eigenvalue weighted by Gasteiger charge is 2.31. The Bertz CT molecular complexity index is 486. The Hall–Kier alpha value is -0.430. The smallest absolute Gasteiger partial charge is 0.243 e. The van der Waals surface area contributed by atoms with Gasteiger partial charge in [-0.05, 0) is 24.1 Å². The van der Waals surface area contributed by atoms with Crippen LogP contribution in [0.25, 0.3) is 0 Å². The van der Waals surface area contributed by atoms with Crippen LogP contribution in [0.2, 0.25) is 0 Å². The maximum atomic E-state index is 12.2. The number of aliphatic hydroxyl groups excluding tert-OH is 1. The fourth-order valence-corrected chi connectivity index (χ4v) is 3.69. The molecule has 1 fully saturated rings. The van der Waals surface area contributed by atoms with Crippen molar-refractivity contribution in [2.75, 3.05) is 13.1 Å². The van der Waals surface area contributed by atoms with E-state index in [0.29, 0.717) is 18.3 Å². The molecule has 1 atom stereocenters. The van der Waals surface area contributed by atoms with Gasteiger partial charge in [0, 0.05) is 18.4 Å². The van der Waals surface area contributed by atoms with Crippen molar-refractivity contribution < 1.29 is 13.5 Å². The zero-order valence-corrected chi connectivity index (χ0v) is 11.6. The van der Waals surface area contributed by atoms with Crippen LogP contribution in [0.3, 0.4) is 0 Å². The van der Waals surface area contributed by atoms with Crippen molar-refractivity contribution >= 4 is 26.0 Å². The molecule has 0 radical (unpaired) electrons. The van der Waals surface area contributed by atoms with E-state index >= 15 is 0 Å². The van der Waals surface area contributed by atoms with Crippen molar-refractivity contribution in [3.63, 3.8) is 0 Å². The highest BCUT2D eigenvalue weighted by Crippen LogP contribution is 2.21. The zero-order valence-electron chi connectivity index (χ0n) is 9.21. The molecule has 0 spiro atoms. The molecule has 1 aliphatic heterocycles. The summed E-state index contributed by atoms with van der Waals surface area (Å²) >= 11 is 3.31. The van der Waals surface area contributed by atoms with Gasteiger partial charge in [-0.2, -0.15) is 4.31 Å². The summed E-state index contributed by atoms with van der Waals surface area (Å²) in [6, 6.07) is 6.79. The summed E-state index contributed by atoms with van der Waals surface area (Å²) in [5, 5.41) is 10.1. The lowest BCUT2D eigenvalue weighted by atomic mass is 10.2. The van der Waals surface area contributed by atoms with Crippen LogP contribution in [-0.4, -0.2) is 37.0 Å². The summed E-state index contributed by atoms with van der Waals surface area (Å²) in [4.78, 5) is 0.288. The molecule has 0 amide bonds. The molecule has 6 heteroatoms. The van der Waals surface area contributed by atoms with Crippen molar-refractivity contribution in [1.29, 1.82) is 0 Å². The van der Waals surface area contributed by atoms with Crippen LogP contribution in [0, 0.1) is 0 Å². The quantitative estimate of drug-likeness (QED) is 0.855. The Morgan fingerprint density at radius 3 is 2.47 bits per heavy atom. The molecule has 94 valence electrons. The average Bonchev–Trinajstić information content (AvgIpc) is 2.77. The minimum Gasteiger partial charge on any atom is -0.392 e. The lowest BCUT2D eigenvalue weighted by Crippen LogP contribution is -2.29. The van der Waals surface area contributed by atoms with Crippen molar-refractivity contribution in [2.24, 2.45) is 0 Å². The molecule has 17 heavy (non-hydrogen) atoms. The summed E-state index contributed by atoms with van der Waals surface area (Å²) in [6.45, 7) is 0.590. The number of benzene rings is 1. The molecule has 0 bridgehead atoms. The van der Waals surface area contributed by atoms with Crippen molar-refractivity contribution in [2.45, 2.75) is 22.8 Å². The molecule has 1 aliphatic rings. The third kappa shape index (κ3) is 2.70. The Morgan fingerprint density at radius 1 is 1.35 bits per heavy atom. The summed E-state index contributed by atoms with van der Waals surface area (Å²) in [6.07, 6.45) is -0.0230. The van der Waals surface area contributed by atoms with Crippen LogP contribution < -0.4 is 0 Å². The van der Waals surface area contributed by atoms with E-state index in [1.54, 1.807) is 24.3 Å². The molecule has 1 saturated heterocycles. The summed E-state index contributed by atoms with van der Waals surface area (Å²) in [5.41, 5.74) is 1.03. The zero-order chi connectivity index (χ0) is 12.5. The van der Waals surface area contributed by atoms with Crippen molar-refractivity contribution in [3.8, 4) is 0 Å². The standard InChI is InChI=1S/C11H14BrNO3S/c12-7-9-1-3-11(4-2-9)17(15,16)13-6-5-10(14)8-13/h1-4,10,14H,5-8H2/t10-/m1/s1. The third-order valence-electron chi connectivity index (χ3n) is 2.84. The van der Waals surface area contributed by atoms with Gasteiger partial charge in [0.15, 0.2) is 0 Å². The molecule has 2 rings (SSSR count). The minimum atomic E-state index is -3.44. The fourth-order valence-electron chi connectivity index (χ4n) is 1.83. The molecule has 0 aromatic heterocycles. The molecule has 1 aromatic carbocycles. The van der Waals surface area contributed by atoms with Crippen LogP contribution in [0.1, 0.15) is 12.0 Å². The van der Waals surface area contributed by atoms with Gasteiger partial charge < -0.3 is 5.11 Å². The van der Waals surface area contributed by atoms with Crippen LogP contribution in [-0.2, 0) is 15.4 Å². The van der Waals surface area contributed by atoms with Crippen LogP contribution >= 0.6 is 15.9 Å². The lowest BCUT2D eigenvalue weighted by Gasteiger charge is -2.15. The predicted octanol–water partition coefficient (Wildman–Crippen LogP) is 1.34. The van der Waals surface area contributed by atoms with Gasteiger partial charge in [-0.25, -0.2) is 8.42 Å². The van der Waals surface area contributed by atoms with E-state index in [2.05, 4.69) is 15.9 Å². The molecule has 1 N–H and O–H groups in total. The molecule has 0 aliphatic carbocycles. The highest BCUT2D eigenvalue weighted by atomic mass is 79.9. The molecule has 0 unspecified atom stereocenters. The van der Waals surface area contributed by atoms with Crippen molar-refractivity contribution in [1.82, 2.24) is 4.31 Å². The van der Waals surface area contributed by atoms with E-state index in [4.69, 9.17) is 0 Å². The second-order valence-corrected chi connectivity index (χ2v) is 6.58. The lowest BCUT2D eigenvalue weighted by molar-refractivity contribution is 0.189. The number of rotatable bonds is 3. The Morgan fingerprint density at radius 2 is 2.00 bits per heavy atom. The molecule has 0 saturated carbocycles. The summed E-state index contributed by atoms with van der Waals surface area (Å²) < 4.78 is 25.7. The van der Waals surface area contributed by atoms with E-state index < -0.39 is 16.1 Å². The summed E-state index contributed by atoms with van der Waals surface area (Å²) in [7, 11) is -3.44. The van der Waals surface area contributed by atoms with E-state index in [1.807, 2.05) is 0 Å². The Labute approximate surface area is 109 Å². The van der Waals surface area contributed by atoms with Gasteiger partial charge in [0.1, 0.15) is 0 Å². The molecule has 1 aromatic rings. The fraction of sp³-hybridized carbons (Fsp3) is 0.455. The van der Waals surface area contributed by atoms with Gasteiger partial charge in [-0.3, -0.25) is 0 Å². The van der Waals surface area contributed by atoms with Gasteiger partial charge >= 0.3 is 0 Å². The number of hydrogen-bond donors (Lipinski definition) is 1. The monoisotopic (exact) mass is 319 g/mol. The number of hydrogen-bond acceptors (Lipinski definition) is 3. The first-order valence-electron chi connectivity index (χ1n) is 5.37. The second-order valence-electron chi connectivity index (χ2n) is 4.08. The Balaban J connectivity index is 2.25. The number of β-amino-alcohol motifs (C(OH)–C–C–N with tert-alkyl or cyclic N) is 1. The van der Waals surface area contributed by atoms with E-state index in [-0.39, 0.29) is 11.4 Å². The first-order valence-corrected chi connectivity index (χ1v) is 7.93. The summed E-state index contributed by atoms with van der Waals surface area (Å²) in [5.74, 6) is 0. The average molecular weight is 320 g/mol. The van der Waals surface area contributed by atoms with Crippen LogP contribution in [0.5, 0.6) is 0 Å². The first kappa shape index (κ1) is 13.0. The maximum absolute atomic E-state index is 12.2. The van der Waals surface area contributed by atoms with Gasteiger partial charge in [0.2, 0.25) is 10.0 Å². The molecular formula is C11H14BrNO3S. The molecule has 1 heterocycles. The van der Waals surface area contributed by atoms with E-state index in [0.717, 1.165) is 5.56 Å². The topological polar surface area (TPSA) is 57.6 Å². The number of aliphatic hydroxyl groups is 1. The van der Waals surface area contributed by atoms with Gasteiger partial charge in [-0.15, -0.1) is 0 Å². The Kier molecular flexibility index (Phi) is 3.87. The van der Waals surface area contributed by atoms with Gasteiger partial charge in [0.05, 0.1) is 11.0 Å². The van der Waals surface area contributed by atoms with Gasteiger partial charge in [-0.1, -0.05) is 28.1 Å². The number of halogens is 1. The van der Waals surface area contributed by atoms with Crippen LogP contribution in [0.15, 0.2) is 29.2 Å². The maximum Gasteiger partial charge on any atom is 0.243 e. The number of sulfonamides is 1. The normalized spacial score (nSPS) is 21.9. The number of alkyl halides is 1. The molecule has 4 nitrogen and oxygen atoms in total.